The van der Waals surface area contributed by atoms with Crippen molar-refractivity contribution in [2.75, 3.05) is 19.3 Å². The number of rotatable bonds is 5. The van der Waals surface area contributed by atoms with Crippen LogP contribution in [0.1, 0.15) is 25.7 Å². The third kappa shape index (κ3) is 2.68. The van der Waals surface area contributed by atoms with Crippen molar-refractivity contribution >= 4 is 22.7 Å². The summed E-state index contributed by atoms with van der Waals surface area (Å²) in [7, 11) is 0.488. The lowest BCUT2D eigenvalue weighted by Crippen LogP contribution is -2.31. The molecule has 1 amide bonds. The van der Waals surface area contributed by atoms with Crippen LogP contribution in [0.5, 0.6) is 0 Å². The van der Waals surface area contributed by atoms with E-state index in [9.17, 15) is 13.8 Å². The first-order chi connectivity index (χ1) is 7.93. The van der Waals surface area contributed by atoms with E-state index < -0.39 is 22.0 Å². The summed E-state index contributed by atoms with van der Waals surface area (Å²) in [5.41, 5.74) is -0.294. The van der Waals surface area contributed by atoms with E-state index in [4.69, 9.17) is 5.11 Å². The van der Waals surface area contributed by atoms with Gasteiger partial charge in [-0.2, -0.15) is 0 Å². The summed E-state index contributed by atoms with van der Waals surface area (Å²) in [6, 6.07) is 0. The molecule has 2 unspecified atom stereocenters. The molecule has 2 aliphatic rings. The second-order valence-corrected chi connectivity index (χ2v) is 6.75. The predicted molar refractivity (Wildman–Crippen MR) is 63.0 cm³/mol. The Hall–Kier alpha value is -0.910. The molecule has 0 radical (unpaired) electrons. The molecule has 0 aromatic rings. The molecule has 1 N–H and O–H groups in total. The number of carbonyl (C=O) groups is 2. The number of carboxylic acids is 1. The molecular formula is C11H17NO4S. The van der Waals surface area contributed by atoms with Crippen LogP contribution in [0.4, 0.5) is 0 Å². The first-order valence-corrected chi connectivity index (χ1v) is 7.16. The molecule has 1 heterocycles. The zero-order chi connectivity index (χ0) is 12.6. The number of carbonyl (C=O) groups excluding carboxylic acids is 1. The molecule has 1 saturated heterocycles. The molecule has 0 spiro atoms. The van der Waals surface area contributed by atoms with Crippen LogP contribution >= 0.6 is 0 Å². The molecule has 0 aromatic heterocycles. The van der Waals surface area contributed by atoms with Gasteiger partial charge < -0.3 is 10.0 Å². The van der Waals surface area contributed by atoms with Crippen molar-refractivity contribution in [3.8, 4) is 0 Å². The van der Waals surface area contributed by atoms with Gasteiger partial charge in [0.25, 0.3) is 0 Å². The molecule has 5 nitrogen and oxygen atoms in total. The number of likely N-dealkylation sites (tertiary alicyclic amines) is 1. The third-order valence-electron chi connectivity index (χ3n) is 3.63. The Morgan fingerprint density at radius 3 is 2.65 bits per heavy atom. The van der Waals surface area contributed by atoms with Gasteiger partial charge in [0.1, 0.15) is 5.25 Å². The van der Waals surface area contributed by atoms with Gasteiger partial charge in [-0.1, -0.05) is 0 Å². The van der Waals surface area contributed by atoms with Crippen molar-refractivity contribution in [3.63, 3.8) is 0 Å². The molecule has 1 saturated carbocycles. The normalized spacial score (nSPS) is 28.2. The number of carboxylic acid groups (broad SMARTS) is 1. The van der Waals surface area contributed by atoms with E-state index in [1.807, 2.05) is 0 Å². The fraction of sp³-hybridized carbons (Fsp3) is 0.818. The summed E-state index contributed by atoms with van der Waals surface area (Å²) < 4.78 is 12.1. The van der Waals surface area contributed by atoms with Crippen LogP contribution in [0.2, 0.25) is 0 Å². The molecule has 96 valence electrons. The maximum Gasteiger partial charge on any atom is 0.303 e. The summed E-state index contributed by atoms with van der Waals surface area (Å²) in [4.78, 5) is 24.0. The maximum absolute atomic E-state index is 12.1. The summed E-state index contributed by atoms with van der Waals surface area (Å²) in [5.74, 6) is -0.535. The average molecular weight is 259 g/mol. The van der Waals surface area contributed by atoms with Crippen molar-refractivity contribution in [1.29, 1.82) is 0 Å². The van der Waals surface area contributed by atoms with E-state index in [-0.39, 0.29) is 17.7 Å². The Morgan fingerprint density at radius 1 is 1.59 bits per heavy atom. The van der Waals surface area contributed by atoms with Crippen molar-refractivity contribution in [1.82, 2.24) is 4.90 Å². The lowest BCUT2D eigenvalue weighted by Gasteiger charge is -2.15. The Kier molecular flexibility index (Phi) is 3.25. The summed E-state index contributed by atoms with van der Waals surface area (Å²) >= 11 is 0. The van der Waals surface area contributed by atoms with Gasteiger partial charge in [-0.05, 0) is 24.7 Å². The Labute approximate surface area is 103 Å². The summed E-state index contributed by atoms with van der Waals surface area (Å²) in [5, 5.41) is 8.38. The van der Waals surface area contributed by atoms with Crippen LogP contribution in [0, 0.1) is 5.41 Å². The monoisotopic (exact) mass is 259 g/mol. The minimum Gasteiger partial charge on any atom is -0.481 e. The number of hydrogen-bond donors (Lipinski definition) is 1. The average Bonchev–Trinajstić information content (AvgIpc) is 2.87. The van der Waals surface area contributed by atoms with Gasteiger partial charge in [-0.15, -0.1) is 0 Å². The number of hydrogen-bond acceptors (Lipinski definition) is 3. The maximum atomic E-state index is 12.1. The Morgan fingerprint density at radius 2 is 2.24 bits per heavy atom. The molecule has 2 atom stereocenters. The van der Waals surface area contributed by atoms with Gasteiger partial charge in [0.2, 0.25) is 5.91 Å². The lowest BCUT2D eigenvalue weighted by atomic mass is 10.1. The predicted octanol–water partition coefficient (Wildman–Crippen LogP) is 0.221. The topological polar surface area (TPSA) is 74.7 Å². The van der Waals surface area contributed by atoms with Crippen LogP contribution < -0.4 is 0 Å². The van der Waals surface area contributed by atoms with E-state index >= 15 is 0 Å². The summed E-state index contributed by atoms with van der Waals surface area (Å²) in [6.45, 7) is 0.654. The van der Waals surface area contributed by atoms with Crippen molar-refractivity contribution in [3.05, 3.63) is 0 Å². The highest BCUT2D eigenvalue weighted by molar-refractivity contribution is 7.86. The largest absolute Gasteiger partial charge is 0.481 e. The highest BCUT2D eigenvalue weighted by Gasteiger charge is 2.48. The van der Waals surface area contributed by atoms with Crippen LogP contribution in [-0.2, 0) is 20.4 Å². The van der Waals surface area contributed by atoms with Gasteiger partial charge >= 0.3 is 5.97 Å². The van der Waals surface area contributed by atoms with E-state index in [1.54, 1.807) is 11.9 Å². The minimum absolute atomic E-state index is 0.0607. The quantitative estimate of drug-likeness (QED) is 0.766. The van der Waals surface area contributed by atoms with E-state index in [0.29, 0.717) is 18.7 Å². The molecular weight excluding hydrogens is 242 g/mol. The third-order valence-corrected chi connectivity index (χ3v) is 5.60. The molecule has 0 aromatic carbocycles. The number of aliphatic carboxylic acids is 1. The zero-order valence-electron chi connectivity index (χ0n) is 9.85. The number of amides is 1. The van der Waals surface area contributed by atoms with E-state index in [0.717, 1.165) is 12.8 Å². The first-order valence-electron chi connectivity index (χ1n) is 5.77. The molecule has 2 fully saturated rings. The fourth-order valence-electron chi connectivity index (χ4n) is 2.31. The van der Waals surface area contributed by atoms with Crippen molar-refractivity contribution < 1.29 is 18.9 Å². The number of nitrogens with zero attached hydrogens (tertiary/aromatic N) is 1. The highest BCUT2D eigenvalue weighted by atomic mass is 32.2. The highest BCUT2D eigenvalue weighted by Crippen LogP contribution is 2.49. The second-order valence-electron chi connectivity index (χ2n) is 5.13. The van der Waals surface area contributed by atoms with Crippen LogP contribution in [0.3, 0.4) is 0 Å². The van der Waals surface area contributed by atoms with Gasteiger partial charge in [-0.3, -0.25) is 13.8 Å². The van der Waals surface area contributed by atoms with Crippen LogP contribution in [0.25, 0.3) is 0 Å². The first kappa shape index (κ1) is 12.5. The van der Waals surface area contributed by atoms with E-state index in [2.05, 4.69) is 0 Å². The van der Waals surface area contributed by atoms with Gasteiger partial charge in [-0.25, -0.2) is 0 Å². The van der Waals surface area contributed by atoms with Gasteiger partial charge in [0, 0.05) is 30.1 Å². The van der Waals surface area contributed by atoms with Crippen molar-refractivity contribution in [2.45, 2.75) is 30.9 Å². The van der Waals surface area contributed by atoms with Crippen LogP contribution in [0.15, 0.2) is 0 Å². The van der Waals surface area contributed by atoms with Gasteiger partial charge in [0.15, 0.2) is 0 Å². The molecule has 6 heteroatoms. The summed E-state index contributed by atoms with van der Waals surface area (Å²) in [6.07, 6.45) is 2.35. The molecule has 17 heavy (non-hydrogen) atoms. The smallest absolute Gasteiger partial charge is 0.303 e. The Balaban J connectivity index is 1.94. The van der Waals surface area contributed by atoms with Gasteiger partial charge in [0.05, 0.1) is 6.42 Å². The zero-order valence-corrected chi connectivity index (χ0v) is 10.7. The standard InChI is InChI=1S/C11H17NO4S/c1-12-5-2-8(10(12)15)17(16)7-11(3-4-11)6-9(13)14/h8H,2-7H2,1H3,(H,13,14). The van der Waals surface area contributed by atoms with Crippen molar-refractivity contribution in [2.24, 2.45) is 5.41 Å². The van der Waals surface area contributed by atoms with Crippen LogP contribution in [-0.4, -0.2) is 50.7 Å². The molecule has 2 rings (SSSR count). The SMILES string of the molecule is CN1CCC(S(=O)CC2(CC(=O)O)CC2)C1=O. The van der Waals surface area contributed by atoms with E-state index in [1.165, 1.54) is 0 Å². The fourth-order valence-corrected chi connectivity index (χ4v) is 4.27. The minimum atomic E-state index is -1.22. The molecule has 0 bridgehead atoms. The second kappa shape index (κ2) is 4.40. The molecule has 1 aliphatic carbocycles. The lowest BCUT2D eigenvalue weighted by molar-refractivity contribution is -0.138. The molecule has 1 aliphatic heterocycles. The Bertz CT molecular complexity index is 378.